The lowest BCUT2D eigenvalue weighted by atomic mass is 9.91. The van der Waals surface area contributed by atoms with Crippen molar-refractivity contribution >= 4 is 34.6 Å². The van der Waals surface area contributed by atoms with Crippen LogP contribution in [0.2, 0.25) is 0 Å². The Balaban J connectivity index is 1.27. The quantitative estimate of drug-likeness (QED) is 0.641. The summed E-state index contributed by atoms with van der Waals surface area (Å²) in [7, 11) is 0. The highest BCUT2D eigenvalue weighted by molar-refractivity contribution is 8.00. The number of hydrogen-bond donors (Lipinski definition) is 2. The first kappa shape index (κ1) is 18.1. The predicted octanol–water partition coefficient (Wildman–Crippen LogP) is 2.68. The highest BCUT2D eigenvalue weighted by atomic mass is 32.2. The minimum atomic E-state index is -0.261. The summed E-state index contributed by atoms with van der Waals surface area (Å²) in [6, 6.07) is 18.6. The molecule has 2 fully saturated rings. The first-order valence-corrected chi connectivity index (χ1v) is 10.7. The number of nitrogens with zero attached hydrogens (tertiary/aromatic N) is 2. The summed E-state index contributed by atoms with van der Waals surface area (Å²) in [5.74, 6) is 0.512. The minimum absolute atomic E-state index is 0.113. The van der Waals surface area contributed by atoms with Gasteiger partial charge in [-0.15, -0.1) is 11.8 Å². The van der Waals surface area contributed by atoms with Gasteiger partial charge in [0.25, 0.3) is 0 Å². The fraction of sp³-hybridized carbons (Fsp3) is 0.273. The summed E-state index contributed by atoms with van der Waals surface area (Å²) in [6.07, 6.45) is 2.15. The molecule has 1 spiro atoms. The van der Waals surface area contributed by atoms with Crippen LogP contribution >= 0.6 is 11.8 Å². The summed E-state index contributed by atoms with van der Waals surface area (Å²) >= 11 is 1.58. The molecule has 3 amide bonds. The van der Waals surface area contributed by atoms with Gasteiger partial charge in [0.15, 0.2) is 0 Å². The number of likely N-dealkylation sites (tertiary alicyclic amines) is 1. The number of urea groups is 1. The highest BCUT2D eigenvalue weighted by Gasteiger charge is 2.49. The van der Waals surface area contributed by atoms with E-state index >= 15 is 0 Å². The lowest BCUT2D eigenvalue weighted by molar-refractivity contribution is -0.135. The Kier molecular flexibility index (Phi) is 4.47. The molecule has 29 heavy (non-hydrogen) atoms. The van der Waals surface area contributed by atoms with Crippen LogP contribution in [-0.4, -0.2) is 52.3 Å². The van der Waals surface area contributed by atoms with Crippen LogP contribution in [0.4, 0.5) is 4.79 Å². The third-order valence-corrected chi connectivity index (χ3v) is 6.63. The Morgan fingerprint density at radius 1 is 1.07 bits per heavy atom. The van der Waals surface area contributed by atoms with Gasteiger partial charge in [-0.25, -0.2) is 4.79 Å². The van der Waals surface area contributed by atoms with Gasteiger partial charge in [-0.1, -0.05) is 48.5 Å². The van der Waals surface area contributed by atoms with Crippen LogP contribution in [0.25, 0.3) is 10.9 Å². The number of thioether (sulfide) groups is 1. The topological polar surface area (TPSA) is 66.4 Å². The summed E-state index contributed by atoms with van der Waals surface area (Å²) < 4.78 is 2.25. The molecule has 1 aromatic heterocycles. The smallest absolute Gasteiger partial charge is 0.315 e. The Hall–Kier alpha value is -2.93. The van der Waals surface area contributed by atoms with Crippen molar-refractivity contribution in [3.05, 3.63) is 66.4 Å². The third kappa shape index (κ3) is 3.46. The molecule has 3 aromatic rings. The molecule has 0 atom stereocenters. The van der Waals surface area contributed by atoms with E-state index < -0.39 is 0 Å². The van der Waals surface area contributed by atoms with Crippen LogP contribution in [0.5, 0.6) is 0 Å². The average molecular weight is 407 g/mol. The van der Waals surface area contributed by atoms with Crippen LogP contribution < -0.4 is 10.6 Å². The number of nitrogens with one attached hydrogen (secondary N) is 2. The number of carbonyl (C=O) groups is 2. The number of amides is 3. The fourth-order valence-electron chi connectivity index (χ4n) is 4.10. The van der Waals surface area contributed by atoms with Crippen molar-refractivity contribution in [3.8, 4) is 0 Å². The Morgan fingerprint density at radius 2 is 1.83 bits per heavy atom. The second-order valence-electron chi connectivity index (χ2n) is 7.75. The number of para-hydroxylation sites is 1. The molecule has 2 aliphatic rings. The summed E-state index contributed by atoms with van der Waals surface area (Å²) in [5.41, 5.74) is 2.16. The normalized spacial score (nSPS) is 17.2. The van der Waals surface area contributed by atoms with Gasteiger partial charge in [-0.3, -0.25) is 4.79 Å². The van der Waals surface area contributed by atoms with E-state index in [4.69, 9.17) is 0 Å². The Bertz CT molecular complexity index is 1070. The van der Waals surface area contributed by atoms with Gasteiger partial charge in [0.1, 0.15) is 0 Å². The Labute approximate surface area is 173 Å². The molecule has 2 saturated heterocycles. The van der Waals surface area contributed by atoms with Crippen molar-refractivity contribution in [2.75, 3.05) is 25.4 Å². The maximum absolute atomic E-state index is 12.6. The maximum atomic E-state index is 12.6. The number of fused-ring (bicyclic) bond motifs is 1. The zero-order valence-electron chi connectivity index (χ0n) is 15.9. The predicted molar refractivity (Wildman–Crippen MR) is 114 cm³/mol. The van der Waals surface area contributed by atoms with Gasteiger partial charge in [0, 0.05) is 48.2 Å². The van der Waals surface area contributed by atoms with E-state index in [1.54, 1.807) is 11.8 Å². The van der Waals surface area contributed by atoms with Crippen LogP contribution in [-0.2, 0) is 11.3 Å². The lowest BCUT2D eigenvalue weighted by Crippen LogP contribution is -2.70. The fourth-order valence-corrected chi connectivity index (χ4v) is 5.09. The zero-order valence-corrected chi connectivity index (χ0v) is 16.7. The zero-order chi connectivity index (χ0) is 19.8. The van der Waals surface area contributed by atoms with Crippen molar-refractivity contribution in [3.63, 3.8) is 0 Å². The first-order valence-electron chi connectivity index (χ1n) is 9.70. The maximum Gasteiger partial charge on any atom is 0.315 e. The van der Waals surface area contributed by atoms with Crippen molar-refractivity contribution < 1.29 is 9.59 Å². The standard InChI is InChI=1S/C22H22N4O2S/c27-20(26-14-22(15-26)13-23-21(28)24-22)12-29-19-11-25(10-16-6-2-1-3-7-16)18-9-5-4-8-17(18)19/h1-9,11H,10,12-15H2,(H2,23,24,28). The molecule has 5 rings (SSSR count). The van der Waals surface area contributed by atoms with Crippen molar-refractivity contribution in [1.82, 2.24) is 20.1 Å². The lowest BCUT2D eigenvalue weighted by Gasteiger charge is -2.46. The van der Waals surface area contributed by atoms with E-state index in [1.165, 1.54) is 16.5 Å². The average Bonchev–Trinajstić information content (AvgIpc) is 3.27. The second kappa shape index (κ2) is 7.15. The van der Waals surface area contributed by atoms with Gasteiger partial charge in [-0.2, -0.15) is 0 Å². The van der Waals surface area contributed by atoms with E-state index in [0.29, 0.717) is 25.4 Å². The summed E-state index contributed by atoms with van der Waals surface area (Å²) in [6.45, 7) is 2.56. The molecule has 0 bridgehead atoms. The molecule has 2 N–H and O–H groups in total. The van der Waals surface area contributed by atoms with Gasteiger partial charge in [0.05, 0.1) is 11.3 Å². The molecule has 0 unspecified atom stereocenters. The summed E-state index contributed by atoms with van der Waals surface area (Å²) in [4.78, 5) is 26.9. The SMILES string of the molecule is O=C1NCC2(CN(C(=O)CSc3cn(Cc4ccccc4)c4ccccc34)C2)N1. The van der Waals surface area contributed by atoms with E-state index in [-0.39, 0.29) is 17.5 Å². The van der Waals surface area contributed by atoms with Gasteiger partial charge >= 0.3 is 6.03 Å². The highest BCUT2D eigenvalue weighted by Crippen LogP contribution is 2.32. The molecule has 148 valence electrons. The van der Waals surface area contributed by atoms with Crippen molar-refractivity contribution in [2.24, 2.45) is 0 Å². The third-order valence-electron chi connectivity index (χ3n) is 5.60. The number of aromatic nitrogens is 1. The Morgan fingerprint density at radius 3 is 2.59 bits per heavy atom. The molecule has 7 heteroatoms. The van der Waals surface area contributed by atoms with E-state index in [1.807, 2.05) is 23.1 Å². The van der Waals surface area contributed by atoms with Gasteiger partial charge in [0.2, 0.25) is 5.91 Å². The molecular weight excluding hydrogens is 384 g/mol. The van der Waals surface area contributed by atoms with Crippen molar-refractivity contribution in [1.29, 1.82) is 0 Å². The molecule has 0 radical (unpaired) electrons. The molecule has 2 aliphatic heterocycles. The molecule has 6 nitrogen and oxygen atoms in total. The number of benzene rings is 2. The molecular formula is C22H22N4O2S. The molecule has 0 saturated carbocycles. The monoisotopic (exact) mass is 406 g/mol. The molecule has 3 heterocycles. The first-order chi connectivity index (χ1) is 14.1. The van der Waals surface area contributed by atoms with E-state index in [9.17, 15) is 9.59 Å². The molecule has 0 aliphatic carbocycles. The largest absolute Gasteiger partial charge is 0.342 e. The summed E-state index contributed by atoms with van der Waals surface area (Å²) in [5, 5.41) is 6.87. The van der Waals surface area contributed by atoms with Crippen molar-refractivity contribution in [2.45, 2.75) is 17.0 Å². The van der Waals surface area contributed by atoms with Crippen LogP contribution in [0.15, 0.2) is 65.7 Å². The van der Waals surface area contributed by atoms with Gasteiger partial charge < -0.3 is 20.1 Å². The van der Waals surface area contributed by atoms with Crippen LogP contribution in [0.1, 0.15) is 5.56 Å². The number of carbonyl (C=O) groups excluding carboxylic acids is 2. The van der Waals surface area contributed by atoms with Gasteiger partial charge in [-0.05, 0) is 11.6 Å². The van der Waals surface area contributed by atoms with Crippen LogP contribution in [0, 0.1) is 0 Å². The minimum Gasteiger partial charge on any atom is -0.342 e. The van der Waals surface area contributed by atoms with Crippen LogP contribution in [0.3, 0.4) is 0 Å². The number of rotatable bonds is 5. The molecule has 2 aromatic carbocycles. The number of hydrogen-bond acceptors (Lipinski definition) is 3. The van der Waals surface area contributed by atoms with E-state index in [2.05, 4.69) is 57.8 Å². The second-order valence-corrected chi connectivity index (χ2v) is 8.77. The van der Waals surface area contributed by atoms with E-state index in [0.717, 1.165) is 11.4 Å².